The molecule has 0 bridgehead atoms. The number of carbonyl (C=O) groups is 1. The van der Waals surface area contributed by atoms with E-state index in [4.69, 9.17) is 16.3 Å². The highest BCUT2D eigenvalue weighted by atomic mass is 35.5. The van der Waals surface area contributed by atoms with Crippen LogP contribution >= 0.6 is 11.6 Å². The monoisotopic (exact) mass is 267 g/mol. The maximum absolute atomic E-state index is 12.2. The third kappa shape index (κ3) is 3.03. The van der Waals surface area contributed by atoms with Gasteiger partial charge in [-0.15, -0.1) is 11.6 Å². The lowest BCUT2D eigenvalue weighted by Crippen LogP contribution is -2.53. The van der Waals surface area contributed by atoms with E-state index in [2.05, 4.69) is 5.32 Å². The quantitative estimate of drug-likeness (QED) is 0.855. The Labute approximate surface area is 112 Å². The van der Waals surface area contributed by atoms with E-state index in [-0.39, 0.29) is 11.4 Å². The largest absolute Gasteiger partial charge is 0.381 e. The molecule has 1 aliphatic heterocycles. The van der Waals surface area contributed by atoms with Crippen LogP contribution in [0, 0.1) is 6.92 Å². The molecule has 0 saturated carbocycles. The van der Waals surface area contributed by atoms with Gasteiger partial charge in [0.15, 0.2) is 0 Å². The summed E-state index contributed by atoms with van der Waals surface area (Å²) in [7, 11) is 0. The van der Waals surface area contributed by atoms with Gasteiger partial charge in [0, 0.05) is 24.7 Å². The third-order valence-corrected chi connectivity index (χ3v) is 3.88. The number of hydrogen-bond donors (Lipinski definition) is 1. The van der Waals surface area contributed by atoms with E-state index in [9.17, 15) is 4.79 Å². The minimum absolute atomic E-state index is 0.0544. The first-order valence-electron chi connectivity index (χ1n) is 6.18. The van der Waals surface area contributed by atoms with Gasteiger partial charge in [0.05, 0.1) is 5.54 Å². The van der Waals surface area contributed by atoms with E-state index in [0.717, 1.165) is 18.4 Å². The van der Waals surface area contributed by atoms with Crippen LogP contribution < -0.4 is 5.32 Å². The number of benzene rings is 1. The van der Waals surface area contributed by atoms with Gasteiger partial charge in [-0.1, -0.05) is 17.7 Å². The summed E-state index contributed by atoms with van der Waals surface area (Å²) in [6.45, 7) is 3.28. The Hall–Kier alpha value is -1.06. The number of nitrogens with one attached hydrogen (secondary N) is 1. The van der Waals surface area contributed by atoms with Crippen molar-refractivity contribution in [2.75, 3.05) is 19.1 Å². The minimum atomic E-state index is -0.319. The van der Waals surface area contributed by atoms with Crippen molar-refractivity contribution in [3.8, 4) is 0 Å². The molecule has 18 heavy (non-hydrogen) atoms. The Bertz CT molecular complexity index is 428. The Morgan fingerprint density at radius 3 is 2.78 bits per heavy atom. The highest BCUT2D eigenvalue weighted by molar-refractivity contribution is 6.19. The Balaban J connectivity index is 2.10. The fourth-order valence-electron chi connectivity index (χ4n) is 2.15. The van der Waals surface area contributed by atoms with Gasteiger partial charge in [0.1, 0.15) is 0 Å². The van der Waals surface area contributed by atoms with Crippen LogP contribution in [0.4, 0.5) is 0 Å². The predicted molar refractivity (Wildman–Crippen MR) is 72.1 cm³/mol. The fourth-order valence-corrected chi connectivity index (χ4v) is 2.49. The molecule has 1 aromatic rings. The van der Waals surface area contributed by atoms with Crippen LogP contribution in [-0.4, -0.2) is 30.5 Å². The van der Waals surface area contributed by atoms with E-state index >= 15 is 0 Å². The van der Waals surface area contributed by atoms with E-state index in [1.807, 2.05) is 31.2 Å². The minimum Gasteiger partial charge on any atom is -0.381 e. The molecular weight excluding hydrogens is 250 g/mol. The zero-order chi connectivity index (χ0) is 13.0. The molecule has 1 aromatic carbocycles. The summed E-state index contributed by atoms with van der Waals surface area (Å²) in [4.78, 5) is 12.2. The van der Waals surface area contributed by atoms with Gasteiger partial charge < -0.3 is 10.1 Å². The first kappa shape index (κ1) is 13.4. The van der Waals surface area contributed by atoms with Crippen LogP contribution in [0.3, 0.4) is 0 Å². The van der Waals surface area contributed by atoms with Gasteiger partial charge in [-0.05, 0) is 31.9 Å². The molecule has 0 unspecified atom stereocenters. The molecule has 1 saturated heterocycles. The maximum Gasteiger partial charge on any atom is 0.251 e. The van der Waals surface area contributed by atoms with Crippen LogP contribution in [0.1, 0.15) is 28.8 Å². The normalized spacial score (nSPS) is 18.3. The highest BCUT2D eigenvalue weighted by Crippen LogP contribution is 2.23. The van der Waals surface area contributed by atoms with Gasteiger partial charge >= 0.3 is 0 Å². The fraction of sp³-hybridized carbons (Fsp3) is 0.500. The molecule has 2 rings (SSSR count). The number of hydrogen-bond acceptors (Lipinski definition) is 2. The molecule has 3 nitrogen and oxygen atoms in total. The van der Waals surface area contributed by atoms with Gasteiger partial charge in [0.2, 0.25) is 0 Å². The number of carbonyl (C=O) groups excluding carboxylic acids is 1. The Morgan fingerprint density at radius 2 is 2.17 bits per heavy atom. The topological polar surface area (TPSA) is 38.3 Å². The predicted octanol–water partition coefficient (Wildman–Crippen LogP) is 2.51. The number of ether oxygens (including phenoxy) is 1. The molecule has 4 heteroatoms. The van der Waals surface area contributed by atoms with Crippen molar-refractivity contribution >= 4 is 17.5 Å². The van der Waals surface area contributed by atoms with Crippen molar-refractivity contribution < 1.29 is 9.53 Å². The average Bonchev–Trinajstić information content (AvgIpc) is 2.40. The summed E-state index contributed by atoms with van der Waals surface area (Å²) >= 11 is 6.03. The number of aryl methyl sites for hydroxylation is 1. The second kappa shape index (κ2) is 5.72. The lowest BCUT2D eigenvalue weighted by Gasteiger charge is -2.36. The molecule has 1 N–H and O–H groups in total. The van der Waals surface area contributed by atoms with E-state index in [0.29, 0.717) is 24.7 Å². The molecule has 1 amide bonds. The average molecular weight is 268 g/mol. The zero-order valence-electron chi connectivity index (χ0n) is 10.5. The summed E-state index contributed by atoms with van der Waals surface area (Å²) < 4.78 is 5.32. The summed E-state index contributed by atoms with van der Waals surface area (Å²) in [6.07, 6.45) is 1.54. The van der Waals surface area contributed by atoms with Gasteiger partial charge in [-0.25, -0.2) is 0 Å². The van der Waals surface area contributed by atoms with Crippen LogP contribution in [-0.2, 0) is 4.74 Å². The van der Waals surface area contributed by atoms with E-state index in [1.54, 1.807) is 0 Å². The van der Waals surface area contributed by atoms with E-state index in [1.165, 1.54) is 0 Å². The summed E-state index contributed by atoms with van der Waals surface area (Å²) in [6, 6.07) is 7.57. The first-order chi connectivity index (χ1) is 8.65. The van der Waals surface area contributed by atoms with Crippen LogP contribution in [0.2, 0.25) is 0 Å². The maximum atomic E-state index is 12.2. The summed E-state index contributed by atoms with van der Waals surface area (Å²) in [5, 5.41) is 3.07. The molecule has 0 radical (unpaired) electrons. The number of alkyl halides is 1. The van der Waals surface area contributed by atoms with Crippen LogP contribution in [0.15, 0.2) is 24.3 Å². The number of rotatable bonds is 3. The van der Waals surface area contributed by atoms with Crippen LogP contribution in [0.25, 0.3) is 0 Å². The molecule has 98 valence electrons. The van der Waals surface area contributed by atoms with Crippen molar-refractivity contribution in [3.63, 3.8) is 0 Å². The first-order valence-corrected chi connectivity index (χ1v) is 6.72. The molecule has 1 heterocycles. The summed E-state index contributed by atoms with van der Waals surface area (Å²) in [5.41, 5.74) is 1.45. The molecule has 0 atom stereocenters. The van der Waals surface area contributed by atoms with Crippen molar-refractivity contribution in [1.29, 1.82) is 0 Å². The highest BCUT2D eigenvalue weighted by Gasteiger charge is 2.33. The van der Waals surface area contributed by atoms with Crippen molar-refractivity contribution in [2.45, 2.75) is 25.3 Å². The van der Waals surface area contributed by atoms with Gasteiger partial charge in [-0.3, -0.25) is 4.79 Å². The number of halogens is 1. The molecule has 1 aliphatic rings. The molecule has 0 aromatic heterocycles. The zero-order valence-corrected chi connectivity index (χ0v) is 11.3. The Morgan fingerprint density at radius 1 is 1.44 bits per heavy atom. The second-order valence-corrected chi connectivity index (χ2v) is 5.12. The molecule has 0 aliphatic carbocycles. The lowest BCUT2D eigenvalue weighted by atomic mass is 9.91. The Kier molecular flexibility index (Phi) is 4.25. The van der Waals surface area contributed by atoms with Crippen LogP contribution in [0.5, 0.6) is 0 Å². The van der Waals surface area contributed by atoms with E-state index < -0.39 is 0 Å². The van der Waals surface area contributed by atoms with Crippen molar-refractivity contribution in [2.24, 2.45) is 0 Å². The van der Waals surface area contributed by atoms with Gasteiger partial charge in [-0.2, -0.15) is 0 Å². The molecular formula is C14H18ClNO2. The lowest BCUT2D eigenvalue weighted by molar-refractivity contribution is 0.0434. The second-order valence-electron chi connectivity index (χ2n) is 4.85. The third-order valence-electron chi connectivity index (χ3n) is 3.36. The van der Waals surface area contributed by atoms with Gasteiger partial charge in [0.25, 0.3) is 5.91 Å². The van der Waals surface area contributed by atoms with Crippen molar-refractivity contribution in [1.82, 2.24) is 5.32 Å². The summed E-state index contributed by atoms with van der Waals surface area (Å²) in [5.74, 6) is 0.370. The molecule has 1 fully saturated rings. The van der Waals surface area contributed by atoms with Crippen molar-refractivity contribution in [3.05, 3.63) is 35.4 Å². The molecule has 0 spiro atoms. The number of amides is 1. The SMILES string of the molecule is Cc1cccc(C(=O)NC2(CCl)CCOCC2)c1. The smallest absolute Gasteiger partial charge is 0.251 e. The standard InChI is InChI=1S/C14H18ClNO2/c1-11-3-2-4-12(9-11)13(17)16-14(10-15)5-7-18-8-6-14/h2-4,9H,5-8,10H2,1H3,(H,16,17).